The Morgan fingerprint density at radius 3 is 3.08 bits per heavy atom. The van der Waals surface area contributed by atoms with Gasteiger partial charge >= 0.3 is 0 Å². The van der Waals surface area contributed by atoms with Crippen molar-refractivity contribution in [3.63, 3.8) is 0 Å². The first kappa shape index (κ1) is 10.2. The van der Waals surface area contributed by atoms with E-state index in [9.17, 15) is 0 Å². The average molecular weight is 196 g/mol. The van der Waals surface area contributed by atoms with Crippen LogP contribution in [-0.4, -0.2) is 17.8 Å². The van der Waals surface area contributed by atoms with Gasteiger partial charge in [-0.05, 0) is 13.0 Å². The van der Waals surface area contributed by atoms with Gasteiger partial charge in [0.2, 0.25) is 0 Å². The van der Waals surface area contributed by atoms with Crippen LogP contribution in [0.4, 0.5) is 0 Å². The molecule has 4 heteroatoms. The first-order valence-electron chi connectivity index (χ1n) is 4.08. The summed E-state index contributed by atoms with van der Waals surface area (Å²) in [4.78, 5) is 1.12. The minimum Gasteiger partial charge on any atom is -0.395 e. The van der Waals surface area contributed by atoms with Crippen molar-refractivity contribution in [1.82, 2.24) is 5.32 Å². The van der Waals surface area contributed by atoms with E-state index in [2.05, 4.69) is 11.4 Å². The fourth-order valence-electron chi connectivity index (χ4n) is 0.871. The molecule has 0 aromatic carbocycles. The Labute approximate surface area is 81.6 Å². The van der Waals surface area contributed by atoms with Crippen molar-refractivity contribution in [2.75, 3.05) is 6.61 Å². The molecule has 0 spiro atoms. The summed E-state index contributed by atoms with van der Waals surface area (Å²) in [7, 11) is 0. The van der Waals surface area contributed by atoms with Gasteiger partial charge in [-0.2, -0.15) is 5.26 Å². The molecule has 1 unspecified atom stereocenters. The number of nitrogens with zero attached hydrogens (tertiary/aromatic N) is 1. The Hall–Kier alpha value is -0.890. The van der Waals surface area contributed by atoms with E-state index in [1.807, 2.05) is 18.4 Å². The normalized spacial score (nSPS) is 12.4. The fourth-order valence-corrected chi connectivity index (χ4v) is 1.63. The largest absolute Gasteiger partial charge is 0.395 e. The zero-order valence-corrected chi connectivity index (χ0v) is 8.27. The summed E-state index contributed by atoms with van der Waals surface area (Å²) in [6.07, 6.45) is 0. The fraction of sp³-hybridized carbons (Fsp3) is 0.444. The topological polar surface area (TPSA) is 56.0 Å². The Morgan fingerprint density at radius 1 is 1.77 bits per heavy atom. The summed E-state index contributed by atoms with van der Waals surface area (Å²) < 4.78 is 0. The van der Waals surface area contributed by atoms with Gasteiger partial charge in [0, 0.05) is 22.8 Å². The Kier molecular flexibility index (Phi) is 3.90. The number of aliphatic hydroxyl groups excluding tert-OH is 1. The van der Waals surface area contributed by atoms with Crippen LogP contribution in [0.1, 0.15) is 17.4 Å². The van der Waals surface area contributed by atoms with Crippen molar-refractivity contribution in [3.8, 4) is 6.07 Å². The standard InChI is InChI=1S/C9H12N2OS/c1-7(5-12)11-4-9-2-8(3-10)6-13-9/h2,6-7,11-12H,4-5H2,1H3. The number of hydrogen-bond acceptors (Lipinski definition) is 4. The van der Waals surface area contributed by atoms with Crippen LogP contribution in [0.3, 0.4) is 0 Å². The summed E-state index contributed by atoms with van der Waals surface area (Å²) in [5.74, 6) is 0. The SMILES string of the molecule is CC(CO)NCc1cc(C#N)cs1. The number of hydrogen-bond donors (Lipinski definition) is 2. The molecule has 0 bridgehead atoms. The third-order valence-corrected chi connectivity index (χ3v) is 2.62. The molecule has 0 saturated heterocycles. The highest BCUT2D eigenvalue weighted by molar-refractivity contribution is 7.10. The smallest absolute Gasteiger partial charge is 0.100 e. The molecule has 1 rings (SSSR count). The molecule has 70 valence electrons. The third-order valence-electron chi connectivity index (χ3n) is 1.68. The summed E-state index contributed by atoms with van der Waals surface area (Å²) in [6.45, 7) is 2.77. The van der Waals surface area contributed by atoms with Crippen molar-refractivity contribution in [3.05, 3.63) is 21.9 Å². The number of nitriles is 1. The molecule has 1 atom stereocenters. The molecular weight excluding hydrogens is 184 g/mol. The Morgan fingerprint density at radius 2 is 2.54 bits per heavy atom. The molecule has 2 N–H and O–H groups in total. The maximum absolute atomic E-state index is 8.75. The molecule has 0 aliphatic rings. The van der Waals surface area contributed by atoms with Crippen LogP contribution in [0.15, 0.2) is 11.4 Å². The quantitative estimate of drug-likeness (QED) is 0.758. The Bertz CT molecular complexity index is 303. The minimum absolute atomic E-state index is 0.104. The molecule has 1 aromatic heterocycles. The zero-order chi connectivity index (χ0) is 9.68. The van der Waals surface area contributed by atoms with Crippen molar-refractivity contribution < 1.29 is 5.11 Å². The first-order chi connectivity index (χ1) is 6.26. The summed E-state index contributed by atoms with van der Waals surface area (Å²) in [5, 5.41) is 22.3. The molecule has 0 saturated carbocycles. The van der Waals surface area contributed by atoms with Gasteiger partial charge in [0.15, 0.2) is 0 Å². The van der Waals surface area contributed by atoms with E-state index in [0.717, 1.165) is 4.88 Å². The van der Waals surface area contributed by atoms with Crippen molar-refractivity contribution in [2.24, 2.45) is 0 Å². The highest BCUT2D eigenvalue weighted by Crippen LogP contribution is 2.13. The molecule has 0 aliphatic carbocycles. The van der Waals surface area contributed by atoms with Gasteiger partial charge in [-0.25, -0.2) is 0 Å². The van der Waals surface area contributed by atoms with Gasteiger partial charge in [0.05, 0.1) is 12.2 Å². The van der Waals surface area contributed by atoms with Crippen LogP contribution in [0.25, 0.3) is 0 Å². The van der Waals surface area contributed by atoms with Gasteiger partial charge in [-0.15, -0.1) is 11.3 Å². The molecule has 1 heterocycles. The minimum atomic E-state index is 0.104. The van der Waals surface area contributed by atoms with Crippen molar-refractivity contribution in [2.45, 2.75) is 19.5 Å². The van der Waals surface area contributed by atoms with Crippen molar-refractivity contribution >= 4 is 11.3 Å². The maximum atomic E-state index is 8.75. The summed E-state index contributed by atoms with van der Waals surface area (Å²) in [6, 6.07) is 4.05. The van der Waals surface area contributed by atoms with Crippen LogP contribution in [0.2, 0.25) is 0 Å². The summed E-state index contributed by atoms with van der Waals surface area (Å²) in [5.41, 5.74) is 0.707. The van der Waals surface area contributed by atoms with Gasteiger partial charge in [-0.1, -0.05) is 0 Å². The van der Waals surface area contributed by atoms with Crippen molar-refractivity contribution in [1.29, 1.82) is 5.26 Å². The highest BCUT2D eigenvalue weighted by atomic mass is 32.1. The molecule has 13 heavy (non-hydrogen) atoms. The highest BCUT2D eigenvalue weighted by Gasteiger charge is 2.01. The molecule has 0 aliphatic heterocycles. The zero-order valence-electron chi connectivity index (χ0n) is 7.45. The first-order valence-corrected chi connectivity index (χ1v) is 4.96. The molecule has 1 aromatic rings. The lowest BCUT2D eigenvalue weighted by molar-refractivity contribution is 0.251. The van der Waals surface area contributed by atoms with Crippen LogP contribution < -0.4 is 5.32 Å². The Balaban J connectivity index is 2.42. The lowest BCUT2D eigenvalue weighted by Gasteiger charge is -2.08. The van der Waals surface area contributed by atoms with E-state index < -0.39 is 0 Å². The molecule has 0 fully saturated rings. The second-order valence-corrected chi connectivity index (χ2v) is 3.87. The monoisotopic (exact) mass is 196 g/mol. The number of rotatable bonds is 4. The number of thiophene rings is 1. The lowest BCUT2D eigenvalue weighted by Crippen LogP contribution is -2.28. The lowest BCUT2D eigenvalue weighted by atomic mass is 10.3. The van der Waals surface area contributed by atoms with Crippen LogP contribution in [0, 0.1) is 11.3 Å². The van der Waals surface area contributed by atoms with Gasteiger partial charge in [0.1, 0.15) is 6.07 Å². The third kappa shape index (κ3) is 3.15. The summed E-state index contributed by atoms with van der Waals surface area (Å²) >= 11 is 1.56. The average Bonchev–Trinajstić information content (AvgIpc) is 2.61. The van der Waals surface area contributed by atoms with Crippen LogP contribution in [-0.2, 0) is 6.54 Å². The van der Waals surface area contributed by atoms with E-state index in [1.165, 1.54) is 0 Å². The van der Waals surface area contributed by atoms with Gasteiger partial charge < -0.3 is 10.4 Å². The molecule has 3 nitrogen and oxygen atoms in total. The van der Waals surface area contributed by atoms with E-state index in [4.69, 9.17) is 10.4 Å². The second-order valence-electron chi connectivity index (χ2n) is 2.88. The van der Waals surface area contributed by atoms with Gasteiger partial charge in [-0.3, -0.25) is 0 Å². The molecule has 0 radical (unpaired) electrons. The van der Waals surface area contributed by atoms with E-state index in [-0.39, 0.29) is 12.6 Å². The second kappa shape index (κ2) is 4.97. The molecular formula is C9H12N2OS. The van der Waals surface area contributed by atoms with Crippen LogP contribution in [0.5, 0.6) is 0 Å². The van der Waals surface area contributed by atoms with E-state index >= 15 is 0 Å². The van der Waals surface area contributed by atoms with E-state index in [1.54, 1.807) is 11.3 Å². The maximum Gasteiger partial charge on any atom is 0.100 e. The molecule has 0 amide bonds. The predicted molar refractivity (Wildman–Crippen MR) is 52.4 cm³/mol. The predicted octanol–water partition coefficient (Wildman–Crippen LogP) is 1.09. The van der Waals surface area contributed by atoms with Crippen LogP contribution >= 0.6 is 11.3 Å². The number of aliphatic hydroxyl groups is 1. The number of nitrogens with one attached hydrogen (secondary N) is 1. The van der Waals surface area contributed by atoms with E-state index in [0.29, 0.717) is 12.1 Å². The van der Waals surface area contributed by atoms with Gasteiger partial charge in [0.25, 0.3) is 0 Å².